The van der Waals surface area contributed by atoms with E-state index in [9.17, 15) is 4.79 Å². The SMILES string of the molecule is CCc1cc(C2NCCCNC2=O)ccc1OC. The highest BCUT2D eigenvalue weighted by atomic mass is 16.5. The molecule has 0 aliphatic carbocycles. The van der Waals surface area contributed by atoms with Crippen molar-refractivity contribution in [3.05, 3.63) is 29.3 Å². The molecule has 18 heavy (non-hydrogen) atoms. The first kappa shape index (κ1) is 12.9. The van der Waals surface area contributed by atoms with Gasteiger partial charge in [0.1, 0.15) is 11.8 Å². The smallest absolute Gasteiger partial charge is 0.241 e. The number of hydrogen-bond donors (Lipinski definition) is 2. The van der Waals surface area contributed by atoms with Gasteiger partial charge >= 0.3 is 0 Å². The summed E-state index contributed by atoms with van der Waals surface area (Å²) >= 11 is 0. The van der Waals surface area contributed by atoms with E-state index in [1.807, 2.05) is 12.1 Å². The molecule has 1 fully saturated rings. The van der Waals surface area contributed by atoms with E-state index in [4.69, 9.17) is 4.74 Å². The molecule has 2 rings (SSSR count). The molecule has 1 saturated heterocycles. The number of hydrogen-bond acceptors (Lipinski definition) is 3. The van der Waals surface area contributed by atoms with Gasteiger partial charge in [0.05, 0.1) is 7.11 Å². The first-order chi connectivity index (χ1) is 8.76. The maximum atomic E-state index is 12.0. The number of nitrogens with one attached hydrogen (secondary N) is 2. The highest BCUT2D eigenvalue weighted by Crippen LogP contribution is 2.24. The summed E-state index contributed by atoms with van der Waals surface area (Å²) in [5.74, 6) is 0.940. The number of carbonyl (C=O) groups excluding carboxylic acids is 1. The van der Waals surface area contributed by atoms with Crippen molar-refractivity contribution >= 4 is 5.91 Å². The third kappa shape index (κ3) is 2.64. The minimum Gasteiger partial charge on any atom is -0.496 e. The first-order valence-corrected chi connectivity index (χ1v) is 6.44. The maximum Gasteiger partial charge on any atom is 0.241 e. The van der Waals surface area contributed by atoms with E-state index in [0.29, 0.717) is 0 Å². The van der Waals surface area contributed by atoms with Gasteiger partial charge in [0.25, 0.3) is 0 Å². The number of amides is 1. The third-order valence-electron chi connectivity index (χ3n) is 3.28. The van der Waals surface area contributed by atoms with Crippen molar-refractivity contribution in [2.45, 2.75) is 25.8 Å². The van der Waals surface area contributed by atoms with E-state index < -0.39 is 0 Å². The average Bonchev–Trinajstić information content (AvgIpc) is 2.62. The molecule has 1 aromatic rings. The van der Waals surface area contributed by atoms with E-state index in [1.165, 1.54) is 0 Å². The number of methoxy groups -OCH3 is 1. The van der Waals surface area contributed by atoms with E-state index in [0.717, 1.165) is 42.8 Å². The molecule has 1 aromatic carbocycles. The van der Waals surface area contributed by atoms with Crippen molar-refractivity contribution in [3.63, 3.8) is 0 Å². The number of carbonyl (C=O) groups is 1. The van der Waals surface area contributed by atoms with Crippen LogP contribution in [-0.2, 0) is 11.2 Å². The number of aryl methyl sites for hydroxylation is 1. The molecule has 1 amide bonds. The lowest BCUT2D eigenvalue weighted by molar-refractivity contribution is -0.122. The highest BCUT2D eigenvalue weighted by Gasteiger charge is 2.22. The molecule has 0 saturated carbocycles. The Balaban J connectivity index is 2.28. The van der Waals surface area contributed by atoms with E-state index in [1.54, 1.807) is 7.11 Å². The van der Waals surface area contributed by atoms with Gasteiger partial charge in [0.2, 0.25) is 5.91 Å². The van der Waals surface area contributed by atoms with Crippen LogP contribution in [0.25, 0.3) is 0 Å². The second-order valence-corrected chi connectivity index (χ2v) is 4.46. The van der Waals surface area contributed by atoms with Crippen LogP contribution < -0.4 is 15.4 Å². The predicted octanol–water partition coefficient (Wildman–Crippen LogP) is 1.41. The lowest BCUT2D eigenvalue weighted by Crippen LogP contribution is -2.33. The fraction of sp³-hybridized carbons (Fsp3) is 0.500. The Morgan fingerprint density at radius 2 is 2.22 bits per heavy atom. The monoisotopic (exact) mass is 248 g/mol. The van der Waals surface area contributed by atoms with Crippen LogP contribution in [0.3, 0.4) is 0 Å². The van der Waals surface area contributed by atoms with Gasteiger partial charge in [-0.2, -0.15) is 0 Å². The summed E-state index contributed by atoms with van der Waals surface area (Å²) in [5, 5.41) is 6.21. The molecule has 1 atom stereocenters. The summed E-state index contributed by atoms with van der Waals surface area (Å²) in [6.07, 6.45) is 1.87. The Morgan fingerprint density at radius 3 is 2.94 bits per heavy atom. The molecular weight excluding hydrogens is 228 g/mol. The predicted molar refractivity (Wildman–Crippen MR) is 70.7 cm³/mol. The van der Waals surface area contributed by atoms with E-state index in [-0.39, 0.29) is 11.9 Å². The molecule has 4 heteroatoms. The van der Waals surface area contributed by atoms with Crippen molar-refractivity contribution in [1.82, 2.24) is 10.6 Å². The van der Waals surface area contributed by atoms with Gasteiger partial charge in [0.15, 0.2) is 0 Å². The fourth-order valence-electron chi connectivity index (χ4n) is 2.26. The number of ether oxygens (including phenoxy) is 1. The van der Waals surface area contributed by atoms with Gasteiger partial charge in [-0.25, -0.2) is 0 Å². The minimum atomic E-state index is -0.247. The molecule has 2 N–H and O–H groups in total. The quantitative estimate of drug-likeness (QED) is 0.850. The van der Waals surface area contributed by atoms with Crippen molar-refractivity contribution in [3.8, 4) is 5.75 Å². The maximum absolute atomic E-state index is 12.0. The Labute approximate surface area is 108 Å². The van der Waals surface area contributed by atoms with Crippen LogP contribution in [-0.4, -0.2) is 26.1 Å². The van der Waals surface area contributed by atoms with Gasteiger partial charge < -0.3 is 15.4 Å². The minimum absolute atomic E-state index is 0.0553. The van der Waals surface area contributed by atoms with Crippen molar-refractivity contribution in [2.75, 3.05) is 20.2 Å². The van der Waals surface area contributed by atoms with Crippen molar-refractivity contribution in [2.24, 2.45) is 0 Å². The van der Waals surface area contributed by atoms with Crippen LogP contribution in [0.15, 0.2) is 18.2 Å². The highest BCUT2D eigenvalue weighted by molar-refractivity contribution is 5.83. The van der Waals surface area contributed by atoms with Gasteiger partial charge in [-0.1, -0.05) is 19.1 Å². The van der Waals surface area contributed by atoms with Crippen molar-refractivity contribution < 1.29 is 9.53 Å². The van der Waals surface area contributed by atoms with Gasteiger partial charge in [0, 0.05) is 6.54 Å². The molecule has 1 aliphatic rings. The normalized spacial score (nSPS) is 20.1. The first-order valence-electron chi connectivity index (χ1n) is 6.44. The average molecular weight is 248 g/mol. The zero-order valence-electron chi connectivity index (χ0n) is 11.0. The second-order valence-electron chi connectivity index (χ2n) is 4.46. The summed E-state index contributed by atoms with van der Waals surface area (Å²) in [6.45, 7) is 3.69. The Bertz CT molecular complexity index is 432. The third-order valence-corrected chi connectivity index (χ3v) is 3.28. The topological polar surface area (TPSA) is 50.4 Å². The number of benzene rings is 1. The van der Waals surface area contributed by atoms with Crippen LogP contribution in [0.1, 0.15) is 30.5 Å². The Morgan fingerprint density at radius 1 is 1.39 bits per heavy atom. The lowest BCUT2D eigenvalue weighted by atomic mass is 10.0. The van der Waals surface area contributed by atoms with Crippen LogP contribution >= 0.6 is 0 Å². The molecule has 0 spiro atoms. The lowest BCUT2D eigenvalue weighted by Gasteiger charge is -2.17. The largest absolute Gasteiger partial charge is 0.496 e. The van der Waals surface area contributed by atoms with Crippen LogP contribution in [0.4, 0.5) is 0 Å². The van der Waals surface area contributed by atoms with Gasteiger partial charge in [-0.3, -0.25) is 4.79 Å². The molecule has 0 aromatic heterocycles. The van der Waals surface area contributed by atoms with Crippen LogP contribution in [0, 0.1) is 0 Å². The summed E-state index contributed by atoms with van der Waals surface area (Å²) in [5.41, 5.74) is 2.14. The summed E-state index contributed by atoms with van der Waals surface area (Å²) in [4.78, 5) is 12.0. The van der Waals surface area contributed by atoms with Crippen LogP contribution in [0.5, 0.6) is 5.75 Å². The van der Waals surface area contributed by atoms with Gasteiger partial charge in [-0.05, 0) is 36.6 Å². The molecule has 0 radical (unpaired) electrons. The number of rotatable bonds is 3. The zero-order chi connectivity index (χ0) is 13.0. The Kier molecular flexibility index (Phi) is 4.20. The second kappa shape index (κ2) is 5.87. The Hall–Kier alpha value is -1.55. The molecule has 1 unspecified atom stereocenters. The molecule has 98 valence electrons. The molecule has 0 bridgehead atoms. The summed E-state index contributed by atoms with van der Waals surface area (Å²) in [6, 6.07) is 5.71. The molecule has 1 heterocycles. The van der Waals surface area contributed by atoms with Gasteiger partial charge in [-0.15, -0.1) is 0 Å². The fourth-order valence-corrected chi connectivity index (χ4v) is 2.26. The standard InChI is InChI=1S/C14H20N2O2/c1-3-10-9-11(5-6-12(10)18-2)13-14(17)16-8-4-7-15-13/h5-6,9,13,15H,3-4,7-8H2,1-2H3,(H,16,17). The molecular formula is C14H20N2O2. The van der Waals surface area contributed by atoms with E-state index in [2.05, 4.69) is 23.6 Å². The summed E-state index contributed by atoms with van der Waals surface area (Å²) in [7, 11) is 1.67. The van der Waals surface area contributed by atoms with Crippen LogP contribution in [0.2, 0.25) is 0 Å². The molecule has 4 nitrogen and oxygen atoms in total. The zero-order valence-corrected chi connectivity index (χ0v) is 11.0. The van der Waals surface area contributed by atoms with E-state index >= 15 is 0 Å². The molecule has 1 aliphatic heterocycles. The van der Waals surface area contributed by atoms with Crippen molar-refractivity contribution in [1.29, 1.82) is 0 Å². The summed E-state index contributed by atoms with van der Waals surface area (Å²) < 4.78 is 5.31.